The molecule has 0 fully saturated rings. The van der Waals surface area contributed by atoms with Crippen LogP contribution in [0.15, 0.2) is 5.03 Å². The zero-order valence-corrected chi connectivity index (χ0v) is 13.2. The number of aromatic amines is 1. The van der Waals surface area contributed by atoms with Crippen molar-refractivity contribution < 1.29 is 18.3 Å². The first-order valence-electron chi connectivity index (χ1n) is 6.55. The van der Waals surface area contributed by atoms with Gasteiger partial charge in [-0.2, -0.15) is 9.40 Å². The molecule has 0 spiro atoms. The first-order valence-corrected chi connectivity index (χ1v) is 7.99. The number of sulfonamides is 1. The second kappa shape index (κ2) is 7.16. The number of aliphatic hydroxyl groups excluding tert-OH is 1. The standard InChI is InChI=1S/C12H23N3O4S/c1-5-9(2)15(6-7-19-4)20(17,18)12-11(8-16)10(3)13-14-12/h9,16H,5-8H2,1-4H3,(H,13,14). The lowest BCUT2D eigenvalue weighted by molar-refractivity contribution is 0.167. The molecule has 0 aliphatic heterocycles. The molecule has 1 heterocycles. The van der Waals surface area contributed by atoms with Gasteiger partial charge in [0.1, 0.15) is 0 Å². The van der Waals surface area contributed by atoms with E-state index in [1.807, 2.05) is 13.8 Å². The van der Waals surface area contributed by atoms with Gasteiger partial charge in [-0.25, -0.2) is 8.42 Å². The molecule has 0 bridgehead atoms. The van der Waals surface area contributed by atoms with Crippen LogP contribution < -0.4 is 0 Å². The van der Waals surface area contributed by atoms with E-state index in [0.717, 1.165) is 0 Å². The fraction of sp³-hybridized carbons (Fsp3) is 0.750. The average Bonchev–Trinajstić information content (AvgIpc) is 2.80. The minimum absolute atomic E-state index is 0.103. The van der Waals surface area contributed by atoms with E-state index in [-0.39, 0.29) is 24.2 Å². The Kier molecular flexibility index (Phi) is 6.12. The Morgan fingerprint density at radius 3 is 2.65 bits per heavy atom. The quantitative estimate of drug-likeness (QED) is 0.735. The van der Waals surface area contributed by atoms with Crippen LogP contribution in [0.3, 0.4) is 0 Å². The minimum atomic E-state index is -3.76. The summed E-state index contributed by atoms with van der Waals surface area (Å²) in [6.45, 7) is 5.63. The summed E-state index contributed by atoms with van der Waals surface area (Å²) in [5.74, 6) is 0. The lowest BCUT2D eigenvalue weighted by Crippen LogP contribution is -2.41. The third-order valence-electron chi connectivity index (χ3n) is 3.35. The van der Waals surface area contributed by atoms with Gasteiger partial charge in [0.05, 0.1) is 13.2 Å². The molecule has 1 unspecified atom stereocenters. The van der Waals surface area contributed by atoms with Gasteiger partial charge in [0.25, 0.3) is 10.0 Å². The number of ether oxygens (including phenoxy) is 1. The summed E-state index contributed by atoms with van der Waals surface area (Å²) < 4.78 is 31.8. The van der Waals surface area contributed by atoms with Gasteiger partial charge in [-0.3, -0.25) is 5.10 Å². The molecule has 1 atom stereocenters. The largest absolute Gasteiger partial charge is 0.392 e. The van der Waals surface area contributed by atoms with Gasteiger partial charge in [0.15, 0.2) is 5.03 Å². The molecule has 116 valence electrons. The fourth-order valence-electron chi connectivity index (χ4n) is 1.90. The Balaban J connectivity index is 3.21. The third-order valence-corrected chi connectivity index (χ3v) is 5.33. The molecule has 8 heteroatoms. The summed E-state index contributed by atoms with van der Waals surface area (Å²) in [5.41, 5.74) is 0.873. The van der Waals surface area contributed by atoms with Crippen LogP contribution in [-0.4, -0.2) is 54.3 Å². The normalized spacial score (nSPS) is 13.9. The van der Waals surface area contributed by atoms with Crippen LogP contribution >= 0.6 is 0 Å². The molecule has 0 amide bonds. The zero-order chi connectivity index (χ0) is 15.3. The second-order valence-corrected chi connectivity index (χ2v) is 6.46. The van der Waals surface area contributed by atoms with Crippen LogP contribution in [0.1, 0.15) is 31.5 Å². The SMILES string of the molecule is CCC(C)N(CCOC)S(=O)(=O)c1n[nH]c(C)c1CO. The van der Waals surface area contributed by atoms with Crippen LogP contribution in [-0.2, 0) is 21.4 Å². The van der Waals surface area contributed by atoms with Gasteiger partial charge < -0.3 is 9.84 Å². The van der Waals surface area contributed by atoms with Crippen molar-refractivity contribution >= 4 is 10.0 Å². The van der Waals surface area contributed by atoms with Gasteiger partial charge in [-0.15, -0.1) is 0 Å². The topological polar surface area (TPSA) is 95.5 Å². The smallest absolute Gasteiger partial charge is 0.263 e. The maximum Gasteiger partial charge on any atom is 0.263 e. The highest BCUT2D eigenvalue weighted by molar-refractivity contribution is 7.89. The van der Waals surface area contributed by atoms with Gasteiger partial charge in [-0.1, -0.05) is 6.92 Å². The van der Waals surface area contributed by atoms with Crippen molar-refractivity contribution in [2.24, 2.45) is 0 Å². The predicted octanol–water partition coefficient (Wildman–Crippen LogP) is 0.646. The maximum atomic E-state index is 12.7. The number of aromatic nitrogens is 2. The number of methoxy groups -OCH3 is 1. The van der Waals surface area contributed by atoms with E-state index >= 15 is 0 Å². The first-order chi connectivity index (χ1) is 9.39. The molecule has 1 rings (SSSR count). The highest BCUT2D eigenvalue weighted by Crippen LogP contribution is 2.22. The summed E-state index contributed by atoms with van der Waals surface area (Å²) in [7, 11) is -2.23. The number of aliphatic hydroxyl groups is 1. The van der Waals surface area contributed by atoms with Crippen LogP contribution in [0.25, 0.3) is 0 Å². The summed E-state index contributed by atoms with van der Waals surface area (Å²) in [6, 6.07) is -0.168. The van der Waals surface area contributed by atoms with E-state index in [9.17, 15) is 13.5 Å². The van der Waals surface area contributed by atoms with E-state index in [1.165, 1.54) is 11.4 Å². The van der Waals surface area contributed by atoms with Crippen LogP contribution in [0, 0.1) is 6.92 Å². The zero-order valence-electron chi connectivity index (χ0n) is 12.4. The minimum Gasteiger partial charge on any atom is -0.392 e. The van der Waals surface area contributed by atoms with Crippen molar-refractivity contribution in [3.05, 3.63) is 11.3 Å². The number of H-pyrrole nitrogens is 1. The van der Waals surface area contributed by atoms with E-state index in [0.29, 0.717) is 24.3 Å². The lowest BCUT2D eigenvalue weighted by Gasteiger charge is -2.26. The van der Waals surface area contributed by atoms with Crippen molar-refractivity contribution in [2.45, 2.75) is 44.9 Å². The Morgan fingerprint density at radius 1 is 1.50 bits per heavy atom. The lowest BCUT2D eigenvalue weighted by atomic mass is 10.3. The predicted molar refractivity (Wildman–Crippen MR) is 74.8 cm³/mol. The number of hydrogen-bond acceptors (Lipinski definition) is 5. The van der Waals surface area contributed by atoms with Gasteiger partial charge in [-0.05, 0) is 20.3 Å². The molecule has 20 heavy (non-hydrogen) atoms. The van der Waals surface area contributed by atoms with Gasteiger partial charge >= 0.3 is 0 Å². The molecule has 1 aromatic rings. The van der Waals surface area contributed by atoms with Crippen molar-refractivity contribution in [1.29, 1.82) is 0 Å². The molecular weight excluding hydrogens is 282 g/mol. The Morgan fingerprint density at radius 2 is 2.15 bits per heavy atom. The van der Waals surface area contributed by atoms with Crippen LogP contribution in [0.5, 0.6) is 0 Å². The van der Waals surface area contributed by atoms with Crippen LogP contribution in [0.4, 0.5) is 0 Å². The summed E-state index contributed by atoms with van der Waals surface area (Å²) >= 11 is 0. The third kappa shape index (κ3) is 3.38. The number of nitrogens with zero attached hydrogens (tertiary/aromatic N) is 2. The number of hydrogen-bond donors (Lipinski definition) is 2. The summed E-state index contributed by atoms with van der Waals surface area (Å²) in [5, 5.41) is 15.7. The Labute approximate surface area is 120 Å². The molecule has 0 aliphatic carbocycles. The van der Waals surface area contributed by atoms with Gasteiger partial charge in [0.2, 0.25) is 0 Å². The van der Waals surface area contributed by atoms with E-state index < -0.39 is 10.0 Å². The van der Waals surface area contributed by atoms with Crippen molar-refractivity contribution in [3.63, 3.8) is 0 Å². The van der Waals surface area contributed by atoms with E-state index in [4.69, 9.17) is 4.74 Å². The van der Waals surface area contributed by atoms with E-state index in [1.54, 1.807) is 6.92 Å². The van der Waals surface area contributed by atoms with E-state index in [2.05, 4.69) is 10.2 Å². The molecule has 0 saturated heterocycles. The van der Waals surface area contributed by atoms with Crippen molar-refractivity contribution in [3.8, 4) is 0 Å². The highest BCUT2D eigenvalue weighted by Gasteiger charge is 2.32. The molecular formula is C12H23N3O4S. The van der Waals surface area contributed by atoms with Crippen LogP contribution in [0.2, 0.25) is 0 Å². The van der Waals surface area contributed by atoms with Crippen molar-refractivity contribution in [2.75, 3.05) is 20.3 Å². The molecule has 2 N–H and O–H groups in total. The molecule has 7 nitrogen and oxygen atoms in total. The molecule has 0 saturated carbocycles. The molecule has 0 aliphatic rings. The van der Waals surface area contributed by atoms with Gasteiger partial charge in [0, 0.05) is 31.0 Å². The average molecular weight is 305 g/mol. The van der Waals surface area contributed by atoms with Crippen molar-refractivity contribution in [1.82, 2.24) is 14.5 Å². The molecule has 0 aromatic carbocycles. The highest BCUT2D eigenvalue weighted by atomic mass is 32.2. The molecule has 1 aromatic heterocycles. The number of nitrogens with one attached hydrogen (secondary N) is 1. The Bertz CT molecular complexity index is 527. The number of aryl methyl sites for hydroxylation is 1. The summed E-state index contributed by atoms with van der Waals surface area (Å²) in [6.07, 6.45) is 0.681. The fourth-order valence-corrected chi connectivity index (χ4v) is 3.75. The first kappa shape index (κ1) is 17.1. The summed E-state index contributed by atoms with van der Waals surface area (Å²) in [4.78, 5) is 0. The Hall–Kier alpha value is -0.960. The maximum absolute atomic E-state index is 12.7. The monoisotopic (exact) mass is 305 g/mol. The number of rotatable bonds is 8. The molecule has 0 radical (unpaired) electrons. The second-order valence-electron chi connectivity index (χ2n) is 4.66.